The molecular weight excluding hydrogens is 403 g/mol. The van der Waals surface area contributed by atoms with Crippen molar-refractivity contribution in [3.8, 4) is 0 Å². The molecule has 3 aromatic rings. The van der Waals surface area contributed by atoms with Gasteiger partial charge in [0.1, 0.15) is 6.54 Å². The lowest BCUT2D eigenvalue weighted by atomic mass is 10.2. The summed E-state index contributed by atoms with van der Waals surface area (Å²) in [5.41, 5.74) is -0.240. The largest absolute Gasteiger partial charge is 0.417 e. The Morgan fingerprint density at radius 2 is 1.93 bits per heavy atom. The molecule has 3 rings (SSSR count). The first-order valence-corrected chi connectivity index (χ1v) is 9.50. The third-order valence-electron chi connectivity index (χ3n) is 3.86. The van der Waals surface area contributed by atoms with E-state index in [1.165, 1.54) is 11.8 Å². The van der Waals surface area contributed by atoms with Crippen molar-refractivity contribution >= 4 is 23.4 Å². The summed E-state index contributed by atoms with van der Waals surface area (Å²) in [5.74, 6) is 0.0364. The normalized spacial score (nSPS) is 11.3. The lowest BCUT2D eigenvalue weighted by molar-refractivity contribution is -0.138. The van der Waals surface area contributed by atoms with Crippen molar-refractivity contribution in [3.63, 3.8) is 0 Å². The fraction of sp³-hybridized carbons (Fsp3) is 0.150. The highest BCUT2D eigenvalue weighted by molar-refractivity contribution is 7.98. The van der Waals surface area contributed by atoms with Crippen LogP contribution in [0.15, 0.2) is 76.8 Å². The molecule has 1 N–H and O–H groups in total. The standard InChI is InChI=1S/C20H16F3N3O2S/c21-20(22,23)15-7-8-19(28)26(11-15)12-17(27)25-16-5-3-4-14(10-16)13-29-18-6-1-2-9-24-18/h1-11H,12-13H2,(H,25,27). The highest BCUT2D eigenvalue weighted by Gasteiger charge is 2.31. The van der Waals surface area contributed by atoms with Gasteiger partial charge in [0.05, 0.1) is 10.6 Å². The fourth-order valence-corrected chi connectivity index (χ4v) is 3.31. The maximum Gasteiger partial charge on any atom is 0.417 e. The van der Waals surface area contributed by atoms with Gasteiger partial charge in [-0.05, 0) is 35.9 Å². The zero-order valence-electron chi connectivity index (χ0n) is 15.0. The molecule has 2 aromatic heterocycles. The van der Waals surface area contributed by atoms with E-state index in [1.54, 1.807) is 24.4 Å². The maximum absolute atomic E-state index is 12.8. The summed E-state index contributed by atoms with van der Waals surface area (Å²) < 4.78 is 39.1. The first kappa shape index (κ1) is 20.7. The van der Waals surface area contributed by atoms with Crippen molar-refractivity contribution in [3.05, 3.63) is 88.5 Å². The summed E-state index contributed by atoms with van der Waals surface area (Å²) in [6.07, 6.45) is -2.25. The molecule has 0 aliphatic heterocycles. The van der Waals surface area contributed by atoms with Gasteiger partial charge in [0.25, 0.3) is 5.56 Å². The van der Waals surface area contributed by atoms with E-state index < -0.39 is 29.8 Å². The van der Waals surface area contributed by atoms with Crippen LogP contribution in [-0.2, 0) is 23.3 Å². The van der Waals surface area contributed by atoms with Crippen LogP contribution in [0.5, 0.6) is 0 Å². The Bertz CT molecular complexity index is 1050. The molecule has 0 saturated heterocycles. The minimum Gasteiger partial charge on any atom is -0.325 e. The van der Waals surface area contributed by atoms with Crippen LogP contribution in [0.25, 0.3) is 0 Å². The van der Waals surface area contributed by atoms with Gasteiger partial charge in [0.15, 0.2) is 0 Å². The molecule has 0 aliphatic carbocycles. The molecule has 0 fully saturated rings. The molecule has 29 heavy (non-hydrogen) atoms. The Kier molecular flexibility index (Phi) is 6.38. The number of rotatable bonds is 6. The second-order valence-corrected chi connectivity index (χ2v) is 7.08. The number of pyridine rings is 2. The van der Waals surface area contributed by atoms with Gasteiger partial charge in [0, 0.05) is 29.9 Å². The Hall–Kier alpha value is -3.07. The molecule has 2 heterocycles. The van der Waals surface area contributed by atoms with Gasteiger partial charge in [-0.25, -0.2) is 4.98 Å². The topological polar surface area (TPSA) is 64.0 Å². The average Bonchev–Trinajstić information content (AvgIpc) is 2.68. The predicted octanol–water partition coefficient (Wildman–Crippen LogP) is 4.19. The molecule has 1 aromatic carbocycles. The third-order valence-corrected chi connectivity index (χ3v) is 4.87. The third kappa shape index (κ3) is 5.95. The summed E-state index contributed by atoms with van der Waals surface area (Å²) >= 11 is 1.53. The maximum atomic E-state index is 12.8. The second-order valence-electron chi connectivity index (χ2n) is 6.09. The summed E-state index contributed by atoms with van der Waals surface area (Å²) in [6.45, 7) is -0.518. The molecule has 0 radical (unpaired) electrons. The number of alkyl halides is 3. The number of carbonyl (C=O) groups is 1. The lowest BCUT2D eigenvalue weighted by Crippen LogP contribution is -2.28. The number of aromatic nitrogens is 2. The van der Waals surface area contributed by atoms with Crippen molar-refractivity contribution in [1.29, 1.82) is 0 Å². The number of carbonyl (C=O) groups excluding carboxylic acids is 1. The number of hydrogen-bond donors (Lipinski definition) is 1. The Morgan fingerprint density at radius 1 is 1.10 bits per heavy atom. The van der Waals surface area contributed by atoms with Gasteiger partial charge in [0.2, 0.25) is 5.91 Å². The molecule has 0 aliphatic rings. The number of thioether (sulfide) groups is 1. The summed E-state index contributed by atoms with van der Waals surface area (Å²) in [7, 11) is 0. The van der Waals surface area contributed by atoms with E-state index in [0.29, 0.717) is 23.7 Å². The van der Waals surface area contributed by atoms with Crippen LogP contribution < -0.4 is 10.9 Å². The van der Waals surface area contributed by atoms with Crippen LogP contribution in [-0.4, -0.2) is 15.5 Å². The number of nitrogens with zero attached hydrogens (tertiary/aromatic N) is 2. The molecule has 0 saturated carbocycles. The van der Waals surface area contributed by atoms with Crippen molar-refractivity contribution in [1.82, 2.24) is 9.55 Å². The lowest BCUT2D eigenvalue weighted by Gasteiger charge is -2.11. The summed E-state index contributed by atoms with van der Waals surface area (Å²) in [5, 5.41) is 3.48. The molecule has 0 unspecified atom stereocenters. The van der Waals surface area contributed by atoms with E-state index in [4.69, 9.17) is 0 Å². The van der Waals surface area contributed by atoms with Crippen LogP contribution in [0.2, 0.25) is 0 Å². The van der Waals surface area contributed by atoms with Crippen molar-refractivity contribution < 1.29 is 18.0 Å². The average molecular weight is 419 g/mol. The van der Waals surface area contributed by atoms with Crippen LogP contribution in [0.3, 0.4) is 0 Å². The first-order chi connectivity index (χ1) is 13.8. The van der Waals surface area contributed by atoms with Crippen LogP contribution in [0, 0.1) is 0 Å². The highest BCUT2D eigenvalue weighted by Crippen LogP contribution is 2.28. The van der Waals surface area contributed by atoms with E-state index in [0.717, 1.165) is 21.2 Å². The smallest absolute Gasteiger partial charge is 0.325 e. The van der Waals surface area contributed by atoms with Crippen LogP contribution >= 0.6 is 11.8 Å². The molecule has 150 valence electrons. The Labute approximate surface area is 168 Å². The first-order valence-electron chi connectivity index (χ1n) is 8.51. The fourth-order valence-electron chi connectivity index (χ4n) is 2.51. The van der Waals surface area contributed by atoms with E-state index in [1.807, 2.05) is 24.3 Å². The molecule has 0 spiro atoms. The predicted molar refractivity (Wildman–Crippen MR) is 105 cm³/mol. The number of hydrogen-bond acceptors (Lipinski definition) is 4. The minimum atomic E-state index is -4.59. The monoisotopic (exact) mass is 419 g/mol. The minimum absolute atomic E-state index is 0.495. The SMILES string of the molecule is O=C(Cn1cc(C(F)(F)F)ccc1=O)Nc1cccc(CSc2ccccn2)c1. The van der Waals surface area contributed by atoms with Crippen LogP contribution in [0.4, 0.5) is 18.9 Å². The summed E-state index contributed by atoms with van der Waals surface area (Å²) in [6, 6.07) is 14.2. The van der Waals surface area contributed by atoms with Gasteiger partial charge in [-0.2, -0.15) is 13.2 Å². The van der Waals surface area contributed by atoms with Gasteiger partial charge in [-0.15, -0.1) is 11.8 Å². The van der Waals surface area contributed by atoms with Crippen LogP contribution in [0.1, 0.15) is 11.1 Å². The van der Waals surface area contributed by atoms with Gasteiger partial charge in [-0.3, -0.25) is 9.59 Å². The molecular formula is C20H16F3N3O2S. The Balaban J connectivity index is 1.65. The van der Waals surface area contributed by atoms with E-state index in [9.17, 15) is 22.8 Å². The van der Waals surface area contributed by atoms with E-state index >= 15 is 0 Å². The van der Waals surface area contributed by atoms with E-state index in [-0.39, 0.29) is 0 Å². The van der Waals surface area contributed by atoms with Crippen molar-refractivity contribution in [2.24, 2.45) is 0 Å². The molecule has 0 atom stereocenters. The number of anilines is 1. The van der Waals surface area contributed by atoms with Gasteiger partial charge in [-0.1, -0.05) is 18.2 Å². The zero-order valence-corrected chi connectivity index (χ0v) is 15.8. The number of halogens is 3. The summed E-state index contributed by atoms with van der Waals surface area (Å²) in [4.78, 5) is 28.2. The molecule has 0 bridgehead atoms. The molecule has 1 amide bonds. The number of amides is 1. The van der Waals surface area contributed by atoms with Gasteiger partial charge >= 0.3 is 6.18 Å². The zero-order chi connectivity index (χ0) is 20.9. The Morgan fingerprint density at radius 3 is 2.66 bits per heavy atom. The number of nitrogens with one attached hydrogen (secondary N) is 1. The molecule has 5 nitrogen and oxygen atoms in total. The number of benzene rings is 1. The van der Waals surface area contributed by atoms with Crippen molar-refractivity contribution in [2.75, 3.05) is 5.32 Å². The van der Waals surface area contributed by atoms with Crippen molar-refractivity contribution in [2.45, 2.75) is 23.5 Å². The quantitative estimate of drug-likeness (QED) is 0.609. The van der Waals surface area contributed by atoms with E-state index in [2.05, 4.69) is 10.3 Å². The highest BCUT2D eigenvalue weighted by atomic mass is 32.2. The van der Waals surface area contributed by atoms with Gasteiger partial charge < -0.3 is 9.88 Å². The second kappa shape index (κ2) is 8.95. The molecule has 9 heteroatoms.